The van der Waals surface area contributed by atoms with Crippen molar-refractivity contribution in [3.05, 3.63) is 17.7 Å². The summed E-state index contributed by atoms with van der Waals surface area (Å²) in [6, 6.07) is 0. The zero-order chi connectivity index (χ0) is 9.80. The van der Waals surface area contributed by atoms with Gasteiger partial charge in [-0.3, -0.25) is 0 Å². The Morgan fingerprint density at radius 2 is 2.50 bits per heavy atom. The fourth-order valence-electron chi connectivity index (χ4n) is 1.78. The summed E-state index contributed by atoms with van der Waals surface area (Å²) in [6.45, 7) is 4.22. The normalized spacial score (nSPS) is 21.4. The van der Waals surface area contributed by atoms with Crippen LogP contribution in [0, 0.1) is 0 Å². The Morgan fingerprint density at radius 1 is 1.57 bits per heavy atom. The minimum Gasteiger partial charge on any atom is -0.316 e. The molecule has 0 saturated carbocycles. The first kappa shape index (κ1) is 9.52. The Bertz CT molecular complexity index is 294. The average Bonchev–Trinajstić information content (AvgIpc) is 2.71. The number of hydrogen-bond acceptors (Lipinski definition) is 4. The third-order valence-electron chi connectivity index (χ3n) is 2.56. The summed E-state index contributed by atoms with van der Waals surface area (Å²) < 4.78 is 0. The van der Waals surface area contributed by atoms with E-state index in [1.165, 1.54) is 0 Å². The second-order valence-corrected chi connectivity index (χ2v) is 3.75. The van der Waals surface area contributed by atoms with Gasteiger partial charge in [-0.15, -0.1) is 5.10 Å². The molecule has 0 spiro atoms. The van der Waals surface area contributed by atoms with Crippen molar-refractivity contribution in [3.63, 3.8) is 0 Å². The first-order valence-corrected chi connectivity index (χ1v) is 5.29. The van der Waals surface area contributed by atoms with Crippen molar-refractivity contribution < 1.29 is 0 Å². The molecule has 4 nitrogen and oxygen atoms in total. The molecule has 1 atom stereocenters. The van der Waals surface area contributed by atoms with Crippen LogP contribution in [0.3, 0.4) is 0 Å². The summed E-state index contributed by atoms with van der Waals surface area (Å²) in [7, 11) is 0. The van der Waals surface area contributed by atoms with E-state index in [0.29, 0.717) is 5.92 Å². The highest BCUT2D eigenvalue weighted by atomic mass is 15.2. The minimum absolute atomic E-state index is 0.472. The zero-order valence-corrected chi connectivity index (χ0v) is 8.53. The lowest BCUT2D eigenvalue weighted by Gasteiger charge is -2.06. The number of aromatic nitrogens is 3. The lowest BCUT2D eigenvalue weighted by molar-refractivity contribution is 0.662. The van der Waals surface area contributed by atoms with Gasteiger partial charge in [-0.2, -0.15) is 5.10 Å². The van der Waals surface area contributed by atoms with Gasteiger partial charge in [-0.05, 0) is 19.4 Å². The molecule has 1 aromatic heterocycles. The van der Waals surface area contributed by atoms with Crippen molar-refractivity contribution in [3.8, 4) is 0 Å². The monoisotopic (exact) mass is 192 g/mol. The first-order valence-electron chi connectivity index (χ1n) is 5.29. The molecule has 0 aromatic carbocycles. The first-order chi connectivity index (χ1) is 6.90. The molecule has 76 valence electrons. The van der Waals surface area contributed by atoms with Crippen LogP contribution in [0.2, 0.25) is 0 Å². The third-order valence-corrected chi connectivity index (χ3v) is 2.56. The molecular formula is C10H16N4. The second-order valence-electron chi connectivity index (χ2n) is 3.75. The molecule has 1 unspecified atom stereocenters. The number of hydrogen-bond donors (Lipinski definition) is 1. The van der Waals surface area contributed by atoms with Crippen molar-refractivity contribution in [2.75, 3.05) is 13.1 Å². The smallest absolute Gasteiger partial charge is 0.155 e. The molecule has 0 aliphatic carbocycles. The van der Waals surface area contributed by atoms with Crippen LogP contribution in [0.5, 0.6) is 0 Å². The fourth-order valence-corrected chi connectivity index (χ4v) is 1.78. The summed E-state index contributed by atoms with van der Waals surface area (Å²) in [5.74, 6) is 1.39. The molecule has 14 heavy (non-hydrogen) atoms. The van der Waals surface area contributed by atoms with Gasteiger partial charge in [0.1, 0.15) is 0 Å². The van der Waals surface area contributed by atoms with E-state index in [4.69, 9.17) is 0 Å². The predicted octanol–water partition coefficient (Wildman–Crippen LogP) is 0.901. The lowest BCUT2D eigenvalue weighted by Crippen LogP contribution is -2.11. The number of nitrogens with one attached hydrogen (secondary N) is 1. The quantitative estimate of drug-likeness (QED) is 0.773. The van der Waals surface area contributed by atoms with Crippen LogP contribution in [0.1, 0.15) is 37.2 Å². The van der Waals surface area contributed by atoms with Crippen molar-refractivity contribution >= 4 is 0 Å². The molecular weight excluding hydrogens is 176 g/mol. The molecule has 1 aliphatic rings. The van der Waals surface area contributed by atoms with Crippen molar-refractivity contribution in [2.24, 2.45) is 0 Å². The average molecular weight is 192 g/mol. The Kier molecular flexibility index (Phi) is 3.03. The van der Waals surface area contributed by atoms with E-state index in [9.17, 15) is 0 Å². The molecule has 1 aromatic rings. The topological polar surface area (TPSA) is 50.7 Å². The second kappa shape index (κ2) is 4.46. The van der Waals surface area contributed by atoms with Crippen molar-refractivity contribution in [1.82, 2.24) is 20.5 Å². The highest BCUT2D eigenvalue weighted by molar-refractivity contribution is 5.03. The Hall–Kier alpha value is -1.03. The Balaban J connectivity index is 2.12. The van der Waals surface area contributed by atoms with E-state index < -0.39 is 0 Å². The molecule has 1 saturated heterocycles. The summed E-state index contributed by atoms with van der Waals surface area (Å²) >= 11 is 0. The van der Waals surface area contributed by atoms with Crippen LogP contribution in [-0.2, 0) is 6.42 Å². The zero-order valence-electron chi connectivity index (χ0n) is 8.53. The maximum Gasteiger partial charge on any atom is 0.155 e. The Morgan fingerprint density at radius 3 is 3.21 bits per heavy atom. The van der Waals surface area contributed by atoms with E-state index in [2.05, 4.69) is 27.4 Å². The molecule has 0 amide bonds. The van der Waals surface area contributed by atoms with Crippen LogP contribution in [0.4, 0.5) is 0 Å². The van der Waals surface area contributed by atoms with E-state index in [-0.39, 0.29) is 0 Å². The minimum atomic E-state index is 0.472. The van der Waals surface area contributed by atoms with E-state index in [0.717, 1.165) is 43.9 Å². The molecule has 2 rings (SSSR count). The van der Waals surface area contributed by atoms with Gasteiger partial charge in [0.05, 0.1) is 11.9 Å². The van der Waals surface area contributed by atoms with Gasteiger partial charge < -0.3 is 5.32 Å². The maximum absolute atomic E-state index is 4.53. The fraction of sp³-hybridized carbons (Fsp3) is 0.700. The van der Waals surface area contributed by atoms with Gasteiger partial charge in [0.25, 0.3) is 0 Å². The standard InChI is InChI=1S/C10H16N4/c1-2-3-9-7-12-14-10(13-9)8-4-5-11-6-8/h7-8,11H,2-6H2,1H3. The van der Waals surface area contributed by atoms with Gasteiger partial charge in [0.15, 0.2) is 5.82 Å². The number of nitrogens with zero attached hydrogens (tertiary/aromatic N) is 3. The van der Waals surface area contributed by atoms with Crippen LogP contribution in [0.25, 0.3) is 0 Å². The highest BCUT2D eigenvalue weighted by Gasteiger charge is 2.19. The molecule has 2 heterocycles. The van der Waals surface area contributed by atoms with E-state index in [1.807, 2.05) is 0 Å². The third kappa shape index (κ3) is 2.07. The number of aryl methyl sites for hydroxylation is 1. The van der Waals surface area contributed by atoms with Crippen LogP contribution in [-0.4, -0.2) is 28.3 Å². The van der Waals surface area contributed by atoms with Crippen LogP contribution >= 0.6 is 0 Å². The van der Waals surface area contributed by atoms with Gasteiger partial charge in [0, 0.05) is 12.5 Å². The van der Waals surface area contributed by atoms with Crippen LogP contribution < -0.4 is 5.32 Å². The molecule has 1 fully saturated rings. The maximum atomic E-state index is 4.53. The predicted molar refractivity (Wildman–Crippen MR) is 54.0 cm³/mol. The molecule has 1 aliphatic heterocycles. The summed E-state index contributed by atoms with van der Waals surface area (Å²) in [5, 5.41) is 11.4. The van der Waals surface area contributed by atoms with Crippen molar-refractivity contribution in [2.45, 2.75) is 32.1 Å². The van der Waals surface area contributed by atoms with Crippen molar-refractivity contribution in [1.29, 1.82) is 0 Å². The van der Waals surface area contributed by atoms with Gasteiger partial charge >= 0.3 is 0 Å². The largest absolute Gasteiger partial charge is 0.316 e. The van der Waals surface area contributed by atoms with E-state index in [1.54, 1.807) is 6.20 Å². The van der Waals surface area contributed by atoms with Gasteiger partial charge in [-0.1, -0.05) is 13.3 Å². The summed E-state index contributed by atoms with van der Waals surface area (Å²) in [5.41, 5.74) is 1.07. The SMILES string of the molecule is CCCc1cnnc(C2CCNC2)n1. The molecule has 4 heteroatoms. The Labute approximate surface area is 84.2 Å². The highest BCUT2D eigenvalue weighted by Crippen LogP contribution is 2.17. The molecule has 1 N–H and O–H groups in total. The lowest BCUT2D eigenvalue weighted by atomic mass is 10.1. The van der Waals surface area contributed by atoms with Gasteiger partial charge in [-0.25, -0.2) is 4.98 Å². The number of rotatable bonds is 3. The van der Waals surface area contributed by atoms with Crippen LogP contribution in [0.15, 0.2) is 6.20 Å². The molecule has 0 bridgehead atoms. The van der Waals surface area contributed by atoms with Gasteiger partial charge in [0.2, 0.25) is 0 Å². The van der Waals surface area contributed by atoms with E-state index >= 15 is 0 Å². The molecule has 0 radical (unpaired) electrons. The summed E-state index contributed by atoms with van der Waals surface area (Å²) in [4.78, 5) is 4.53. The summed E-state index contributed by atoms with van der Waals surface area (Å²) in [6.07, 6.45) is 5.02.